The lowest BCUT2D eigenvalue weighted by molar-refractivity contribution is 0.102. The fraction of sp³-hybridized carbons (Fsp3) is 0.412. The summed E-state index contributed by atoms with van der Waals surface area (Å²) in [5, 5.41) is 3.68. The molecule has 0 spiro atoms. The molecule has 1 atom stereocenters. The highest BCUT2D eigenvalue weighted by atomic mass is 32.2. The molecule has 5 heteroatoms. The predicted octanol–water partition coefficient (Wildman–Crippen LogP) is 4.63. The maximum Gasteiger partial charge on any atom is 0.257 e. The number of anilines is 1. The van der Waals surface area contributed by atoms with Crippen molar-refractivity contribution in [3.05, 3.63) is 40.4 Å². The van der Waals surface area contributed by atoms with Gasteiger partial charge in [-0.3, -0.25) is 10.1 Å². The lowest BCUT2D eigenvalue weighted by atomic mass is 9.93. The maximum atomic E-state index is 12.3. The van der Waals surface area contributed by atoms with Crippen LogP contribution in [0.2, 0.25) is 0 Å². The highest BCUT2D eigenvalue weighted by molar-refractivity contribution is 7.99. The molecule has 1 aliphatic rings. The molecule has 3 rings (SSSR count). The number of carbonyl (C=O) groups is 1. The molecule has 0 saturated carbocycles. The Morgan fingerprint density at radius 3 is 2.91 bits per heavy atom. The molecule has 0 aliphatic heterocycles. The topological polar surface area (TPSA) is 42.0 Å². The molecule has 0 fully saturated rings. The average Bonchev–Trinajstić information content (AvgIpc) is 2.89. The summed E-state index contributed by atoms with van der Waals surface area (Å²) >= 11 is 3.40. The van der Waals surface area contributed by atoms with E-state index in [0.717, 1.165) is 29.6 Å². The van der Waals surface area contributed by atoms with E-state index in [0.29, 0.717) is 5.56 Å². The van der Waals surface area contributed by atoms with Gasteiger partial charge in [-0.25, -0.2) is 4.98 Å². The van der Waals surface area contributed by atoms with Crippen LogP contribution < -0.4 is 5.32 Å². The van der Waals surface area contributed by atoms with Crippen molar-refractivity contribution in [2.24, 2.45) is 5.92 Å². The van der Waals surface area contributed by atoms with Gasteiger partial charge in [0.2, 0.25) is 0 Å². The average molecular weight is 332 g/mol. The summed E-state index contributed by atoms with van der Waals surface area (Å²) in [5.41, 5.74) is 1.86. The number of nitrogens with zero attached hydrogens (tertiary/aromatic N) is 1. The van der Waals surface area contributed by atoms with Crippen molar-refractivity contribution >= 4 is 34.1 Å². The number of thioether (sulfide) groups is 1. The van der Waals surface area contributed by atoms with Crippen LogP contribution in [0.4, 0.5) is 5.13 Å². The fourth-order valence-electron chi connectivity index (χ4n) is 2.63. The summed E-state index contributed by atoms with van der Waals surface area (Å²) in [5.74, 6) is 1.68. The van der Waals surface area contributed by atoms with E-state index in [9.17, 15) is 4.79 Å². The van der Waals surface area contributed by atoms with Gasteiger partial charge < -0.3 is 0 Å². The van der Waals surface area contributed by atoms with E-state index in [1.165, 1.54) is 21.9 Å². The first-order valence-corrected chi connectivity index (χ1v) is 9.48. The Kier molecular flexibility index (Phi) is 4.84. The summed E-state index contributed by atoms with van der Waals surface area (Å²) in [6.07, 6.45) is 3.32. The maximum absolute atomic E-state index is 12.3. The van der Waals surface area contributed by atoms with Crippen LogP contribution in [0.15, 0.2) is 29.2 Å². The van der Waals surface area contributed by atoms with Gasteiger partial charge in [0.1, 0.15) is 0 Å². The number of rotatable bonds is 4. The molecule has 1 unspecified atom stereocenters. The van der Waals surface area contributed by atoms with Crippen molar-refractivity contribution in [3.8, 4) is 0 Å². The van der Waals surface area contributed by atoms with Gasteiger partial charge in [0.05, 0.1) is 5.69 Å². The molecule has 22 heavy (non-hydrogen) atoms. The van der Waals surface area contributed by atoms with Gasteiger partial charge in [0, 0.05) is 15.3 Å². The summed E-state index contributed by atoms with van der Waals surface area (Å²) in [4.78, 5) is 19.4. The SMILES string of the molecule is CCSc1ccc(C(=O)Nc2nc3c(s2)CC(C)CC3)cc1. The molecule has 0 radical (unpaired) electrons. The molecular formula is C17H20N2OS2. The molecule has 1 heterocycles. The van der Waals surface area contributed by atoms with Gasteiger partial charge in [-0.1, -0.05) is 13.8 Å². The number of thiazole rings is 1. The Balaban J connectivity index is 1.69. The smallest absolute Gasteiger partial charge is 0.257 e. The number of aromatic nitrogens is 1. The standard InChI is InChI=1S/C17H20N2OS2/c1-3-21-13-7-5-12(6-8-13)16(20)19-17-18-14-9-4-11(2)10-15(14)22-17/h5-8,11H,3-4,9-10H2,1-2H3,(H,18,19,20). The number of amides is 1. The van der Waals surface area contributed by atoms with Gasteiger partial charge >= 0.3 is 0 Å². The normalized spacial score (nSPS) is 17.1. The van der Waals surface area contributed by atoms with Crippen LogP contribution in [0.25, 0.3) is 0 Å². The molecule has 1 aliphatic carbocycles. The first kappa shape index (κ1) is 15.6. The number of carbonyl (C=O) groups excluding carboxylic acids is 1. The van der Waals surface area contributed by atoms with Crippen LogP contribution in [0.3, 0.4) is 0 Å². The molecule has 0 bridgehead atoms. The number of hydrogen-bond donors (Lipinski definition) is 1. The second kappa shape index (κ2) is 6.84. The first-order chi connectivity index (χ1) is 10.7. The molecule has 116 valence electrons. The van der Waals surface area contributed by atoms with Gasteiger partial charge in [-0.15, -0.1) is 23.1 Å². The highest BCUT2D eigenvalue weighted by Gasteiger charge is 2.20. The largest absolute Gasteiger partial charge is 0.298 e. The third-order valence-corrected chi connectivity index (χ3v) is 5.76. The van der Waals surface area contributed by atoms with Crippen molar-refractivity contribution < 1.29 is 4.79 Å². The Hall–Kier alpha value is -1.33. The minimum Gasteiger partial charge on any atom is -0.298 e. The quantitative estimate of drug-likeness (QED) is 0.830. The van der Waals surface area contributed by atoms with Crippen LogP contribution in [-0.2, 0) is 12.8 Å². The van der Waals surface area contributed by atoms with E-state index in [4.69, 9.17) is 0 Å². The third kappa shape index (κ3) is 3.52. The zero-order chi connectivity index (χ0) is 15.5. The summed E-state index contributed by atoms with van der Waals surface area (Å²) in [6, 6.07) is 7.75. The van der Waals surface area contributed by atoms with Gasteiger partial charge in [-0.05, 0) is 55.2 Å². The van der Waals surface area contributed by atoms with Crippen molar-refractivity contribution in [2.75, 3.05) is 11.1 Å². The van der Waals surface area contributed by atoms with Crippen LogP contribution in [0.1, 0.15) is 41.2 Å². The molecule has 3 nitrogen and oxygen atoms in total. The molecule has 1 aromatic carbocycles. The second-order valence-corrected chi connectivity index (χ2v) is 8.07. The molecule has 1 aromatic heterocycles. The highest BCUT2D eigenvalue weighted by Crippen LogP contribution is 2.32. The fourth-order valence-corrected chi connectivity index (χ4v) is 4.46. The summed E-state index contributed by atoms with van der Waals surface area (Å²) in [7, 11) is 0. The van der Waals surface area contributed by atoms with Crippen LogP contribution in [0, 0.1) is 5.92 Å². The lowest BCUT2D eigenvalue weighted by Crippen LogP contribution is -2.11. The molecule has 1 amide bonds. The van der Waals surface area contributed by atoms with E-state index >= 15 is 0 Å². The Bertz CT molecular complexity index is 664. The van der Waals surface area contributed by atoms with Gasteiger partial charge in [0.15, 0.2) is 5.13 Å². The van der Waals surface area contributed by atoms with E-state index in [2.05, 4.69) is 24.1 Å². The second-order valence-electron chi connectivity index (χ2n) is 5.65. The zero-order valence-electron chi connectivity index (χ0n) is 12.9. The van der Waals surface area contributed by atoms with Crippen LogP contribution in [-0.4, -0.2) is 16.6 Å². The van der Waals surface area contributed by atoms with Crippen molar-refractivity contribution in [1.82, 2.24) is 4.98 Å². The van der Waals surface area contributed by atoms with Crippen molar-refractivity contribution in [3.63, 3.8) is 0 Å². The number of hydrogen-bond acceptors (Lipinski definition) is 4. The van der Waals surface area contributed by atoms with Crippen molar-refractivity contribution in [1.29, 1.82) is 0 Å². The monoisotopic (exact) mass is 332 g/mol. The number of benzene rings is 1. The van der Waals surface area contributed by atoms with E-state index in [1.807, 2.05) is 24.3 Å². The Morgan fingerprint density at radius 1 is 1.41 bits per heavy atom. The molecule has 2 aromatic rings. The number of aryl methyl sites for hydroxylation is 1. The molecule has 1 N–H and O–H groups in total. The summed E-state index contributed by atoms with van der Waals surface area (Å²) < 4.78 is 0. The number of fused-ring (bicyclic) bond motifs is 1. The zero-order valence-corrected chi connectivity index (χ0v) is 14.5. The lowest BCUT2D eigenvalue weighted by Gasteiger charge is -2.15. The third-order valence-electron chi connectivity index (χ3n) is 3.83. The summed E-state index contributed by atoms with van der Waals surface area (Å²) in [6.45, 7) is 4.40. The Labute approximate surface area is 139 Å². The van der Waals surface area contributed by atoms with E-state index in [1.54, 1.807) is 23.1 Å². The number of nitrogens with one attached hydrogen (secondary N) is 1. The minimum atomic E-state index is -0.0767. The van der Waals surface area contributed by atoms with E-state index < -0.39 is 0 Å². The minimum absolute atomic E-state index is 0.0767. The van der Waals surface area contributed by atoms with Gasteiger partial charge in [0.25, 0.3) is 5.91 Å². The molecular weight excluding hydrogens is 312 g/mol. The van der Waals surface area contributed by atoms with Crippen LogP contribution in [0.5, 0.6) is 0 Å². The Morgan fingerprint density at radius 2 is 2.18 bits per heavy atom. The predicted molar refractivity (Wildman–Crippen MR) is 94.1 cm³/mol. The van der Waals surface area contributed by atoms with Crippen molar-refractivity contribution in [2.45, 2.75) is 38.0 Å². The van der Waals surface area contributed by atoms with Gasteiger partial charge in [-0.2, -0.15) is 0 Å². The first-order valence-electron chi connectivity index (χ1n) is 7.68. The molecule has 0 saturated heterocycles. The van der Waals surface area contributed by atoms with E-state index in [-0.39, 0.29) is 5.91 Å². The van der Waals surface area contributed by atoms with Crippen LogP contribution >= 0.6 is 23.1 Å².